The van der Waals surface area contributed by atoms with Crippen LogP contribution in [0.5, 0.6) is 5.75 Å². The van der Waals surface area contributed by atoms with Gasteiger partial charge in [-0.15, -0.1) is 0 Å². The third kappa shape index (κ3) is 2.34. The summed E-state index contributed by atoms with van der Waals surface area (Å²) in [6.07, 6.45) is 1.45. The largest absolute Gasteiger partial charge is 0.494 e. The van der Waals surface area contributed by atoms with Crippen LogP contribution in [0.3, 0.4) is 0 Å². The summed E-state index contributed by atoms with van der Waals surface area (Å²) in [4.78, 5) is 0. The minimum absolute atomic E-state index is 0.0469. The zero-order valence-corrected chi connectivity index (χ0v) is 11.0. The lowest BCUT2D eigenvalue weighted by Gasteiger charge is -2.42. The Morgan fingerprint density at radius 3 is 2.72 bits per heavy atom. The standard InChI is InChI=1S/C15H19NO2/c1-3-18-14-6-5-13(9-12(14)2)15(7-4-8-16)10-17-11-15/h5-6,9H,3-4,7,10-11H2,1-2H3. The molecule has 0 radical (unpaired) electrons. The summed E-state index contributed by atoms with van der Waals surface area (Å²) < 4.78 is 10.9. The Hall–Kier alpha value is -1.53. The Morgan fingerprint density at radius 2 is 2.22 bits per heavy atom. The Morgan fingerprint density at radius 1 is 1.44 bits per heavy atom. The fourth-order valence-electron chi connectivity index (χ4n) is 2.40. The van der Waals surface area contributed by atoms with Gasteiger partial charge in [-0.3, -0.25) is 0 Å². The third-order valence-corrected chi connectivity index (χ3v) is 3.56. The Labute approximate surface area is 108 Å². The van der Waals surface area contributed by atoms with Crippen LogP contribution in [0, 0.1) is 18.3 Å². The maximum Gasteiger partial charge on any atom is 0.122 e. The predicted molar refractivity (Wildman–Crippen MR) is 69.7 cm³/mol. The molecule has 1 saturated heterocycles. The molecule has 1 aliphatic rings. The van der Waals surface area contributed by atoms with Crippen LogP contribution in [0.15, 0.2) is 18.2 Å². The molecule has 18 heavy (non-hydrogen) atoms. The highest BCUT2D eigenvalue weighted by Gasteiger charge is 2.39. The highest BCUT2D eigenvalue weighted by atomic mass is 16.5. The van der Waals surface area contributed by atoms with Crippen LogP contribution < -0.4 is 4.74 Å². The van der Waals surface area contributed by atoms with Gasteiger partial charge in [0, 0.05) is 11.8 Å². The lowest BCUT2D eigenvalue weighted by molar-refractivity contribution is -0.0637. The van der Waals surface area contributed by atoms with E-state index in [1.807, 2.05) is 13.0 Å². The Bertz CT molecular complexity index is 458. The molecule has 96 valence electrons. The minimum Gasteiger partial charge on any atom is -0.494 e. The molecule has 1 aromatic carbocycles. The number of nitriles is 1. The molecule has 3 heteroatoms. The van der Waals surface area contributed by atoms with Gasteiger partial charge < -0.3 is 9.47 Å². The van der Waals surface area contributed by atoms with Crippen LogP contribution in [0.25, 0.3) is 0 Å². The molecule has 1 aliphatic heterocycles. The van der Waals surface area contributed by atoms with Crippen LogP contribution in [0.2, 0.25) is 0 Å². The second-order valence-electron chi connectivity index (χ2n) is 4.84. The van der Waals surface area contributed by atoms with Gasteiger partial charge in [0.25, 0.3) is 0 Å². The van der Waals surface area contributed by atoms with Gasteiger partial charge in [0.15, 0.2) is 0 Å². The van der Waals surface area contributed by atoms with Gasteiger partial charge in [-0.25, -0.2) is 0 Å². The van der Waals surface area contributed by atoms with E-state index in [1.54, 1.807) is 0 Å². The summed E-state index contributed by atoms with van der Waals surface area (Å²) in [6.45, 7) is 6.18. The van der Waals surface area contributed by atoms with E-state index in [0.717, 1.165) is 30.9 Å². The van der Waals surface area contributed by atoms with Crippen molar-refractivity contribution in [3.8, 4) is 11.8 Å². The molecule has 1 heterocycles. The Balaban J connectivity index is 2.22. The van der Waals surface area contributed by atoms with Crippen LogP contribution in [-0.2, 0) is 10.2 Å². The fourth-order valence-corrected chi connectivity index (χ4v) is 2.40. The van der Waals surface area contributed by atoms with Gasteiger partial charge in [-0.05, 0) is 37.5 Å². The molecule has 3 nitrogen and oxygen atoms in total. The highest BCUT2D eigenvalue weighted by molar-refractivity contribution is 5.40. The maximum absolute atomic E-state index is 8.75. The molecule has 0 atom stereocenters. The van der Waals surface area contributed by atoms with Crippen molar-refractivity contribution in [1.29, 1.82) is 5.26 Å². The second-order valence-corrected chi connectivity index (χ2v) is 4.84. The summed E-state index contributed by atoms with van der Waals surface area (Å²) in [7, 11) is 0. The fraction of sp³-hybridized carbons (Fsp3) is 0.533. The number of aryl methyl sites for hydroxylation is 1. The first-order chi connectivity index (χ1) is 8.72. The quantitative estimate of drug-likeness (QED) is 0.801. The van der Waals surface area contributed by atoms with E-state index in [1.165, 1.54) is 5.56 Å². The van der Waals surface area contributed by atoms with Crippen molar-refractivity contribution in [1.82, 2.24) is 0 Å². The van der Waals surface area contributed by atoms with Crippen molar-refractivity contribution in [2.75, 3.05) is 19.8 Å². The number of ether oxygens (including phenoxy) is 2. The maximum atomic E-state index is 8.75. The molecular weight excluding hydrogens is 226 g/mol. The SMILES string of the molecule is CCOc1ccc(C2(CCC#N)COC2)cc1C. The molecule has 0 aromatic heterocycles. The average Bonchev–Trinajstić information content (AvgIpc) is 2.31. The molecule has 0 spiro atoms. The number of hydrogen-bond acceptors (Lipinski definition) is 3. The summed E-state index contributed by atoms with van der Waals surface area (Å²) >= 11 is 0. The van der Waals surface area contributed by atoms with Crippen molar-refractivity contribution >= 4 is 0 Å². The van der Waals surface area contributed by atoms with Gasteiger partial charge in [0.05, 0.1) is 25.9 Å². The monoisotopic (exact) mass is 245 g/mol. The highest BCUT2D eigenvalue weighted by Crippen LogP contribution is 2.38. The van der Waals surface area contributed by atoms with Crippen LogP contribution in [0.1, 0.15) is 30.9 Å². The van der Waals surface area contributed by atoms with Crippen molar-refractivity contribution < 1.29 is 9.47 Å². The third-order valence-electron chi connectivity index (χ3n) is 3.56. The van der Waals surface area contributed by atoms with Gasteiger partial charge >= 0.3 is 0 Å². The zero-order chi connectivity index (χ0) is 13.0. The summed E-state index contributed by atoms with van der Waals surface area (Å²) in [6, 6.07) is 8.54. The van der Waals surface area contributed by atoms with E-state index in [-0.39, 0.29) is 5.41 Å². The molecular formula is C15H19NO2. The molecule has 2 rings (SSSR count). The van der Waals surface area contributed by atoms with E-state index < -0.39 is 0 Å². The van der Waals surface area contributed by atoms with Crippen LogP contribution in [0.4, 0.5) is 0 Å². The van der Waals surface area contributed by atoms with Crippen molar-refractivity contribution in [2.24, 2.45) is 0 Å². The molecule has 1 aromatic rings. The molecule has 0 unspecified atom stereocenters. The van der Waals surface area contributed by atoms with Gasteiger partial charge in [-0.2, -0.15) is 5.26 Å². The number of benzene rings is 1. The lowest BCUT2D eigenvalue weighted by Crippen LogP contribution is -2.46. The minimum atomic E-state index is 0.0469. The number of nitrogens with zero attached hydrogens (tertiary/aromatic N) is 1. The lowest BCUT2D eigenvalue weighted by atomic mass is 9.74. The van der Waals surface area contributed by atoms with Crippen LogP contribution >= 0.6 is 0 Å². The van der Waals surface area contributed by atoms with E-state index >= 15 is 0 Å². The number of rotatable bonds is 5. The van der Waals surface area contributed by atoms with Crippen molar-refractivity contribution in [2.45, 2.75) is 32.1 Å². The summed E-state index contributed by atoms with van der Waals surface area (Å²) in [5.74, 6) is 0.942. The van der Waals surface area contributed by atoms with Gasteiger partial charge in [-0.1, -0.05) is 12.1 Å². The normalized spacial score (nSPS) is 16.7. The zero-order valence-electron chi connectivity index (χ0n) is 11.0. The van der Waals surface area contributed by atoms with Crippen LogP contribution in [-0.4, -0.2) is 19.8 Å². The second kappa shape index (κ2) is 5.41. The predicted octanol–water partition coefficient (Wildman–Crippen LogP) is 2.97. The number of hydrogen-bond donors (Lipinski definition) is 0. The first kappa shape index (κ1) is 12.9. The van der Waals surface area contributed by atoms with E-state index in [2.05, 4.69) is 25.1 Å². The smallest absolute Gasteiger partial charge is 0.122 e. The topological polar surface area (TPSA) is 42.2 Å². The molecule has 0 saturated carbocycles. The van der Waals surface area contributed by atoms with Gasteiger partial charge in [0.2, 0.25) is 0 Å². The average molecular weight is 245 g/mol. The molecule has 0 aliphatic carbocycles. The van der Waals surface area contributed by atoms with Crippen molar-refractivity contribution in [3.63, 3.8) is 0 Å². The molecule has 0 bridgehead atoms. The van der Waals surface area contributed by atoms with Crippen molar-refractivity contribution in [3.05, 3.63) is 29.3 Å². The van der Waals surface area contributed by atoms with E-state index in [0.29, 0.717) is 13.0 Å². The van der Waals surface area contributed by atoms with Gasteiger partial charge in [0.1, 0.15) is 5.75 Å². The molecule has 0 N–H and O–H groups in total. The first-order valence-corrected chi connectivity index (χ1v) is 6.40. The summed E-state index contributed by atoms with van der Waals surface area (Å²) in [5, 5.41) is 8.75. The first-order valence-electron chi connectivity index (χ1n) is 6.40. The van der Waals surface area contributed by atoms with E-state index in [9.17, 15) is 0 Å². The Kier molecular flexibility index (Phi) is 3.88. The molecule has 1 fully saturated rings. The summed E-state index contributed by atoms with van der Waals surface area (Å²) in [5.41, 5.74) is 2.47. The molecule has 0 amide bonds. The van der Waals surface area contributed by atoms with E-state index in [4.69, 9.17) is 14.7 Å².